The number of unbranched alkanes of at least 4 members (excludes halogenated alkanes) is 7. The zero-order valence-electron chi connectivity index (χ0n) is 22.8. The Hall–Kier alpha value is -0.970. The van der Waals surface area contributed by atoms with E-state index in [1.807, 2.05) is 0 Å². The molecule has 13 heteroatoms. The number of amides is 1. The summed E-state index contributed by atoms with van der Waals surface area (Å²) in [6.07, 6.45) is -4.73. The van der Waals surface area contributed by atoms with Gasteiger partial charge in [0.1, 0.15) is 48.8 Å². The predicted octanol–water partition coefficient (Wildman–Crippen LogP) is -1.34. The average Bonchev–Trinajstić information content (AvgIpc) is 2.93. The highest BCUT2D eigenvalue weighted by molar-refractivity contribution is 5.75. The van der Waals surface area contributed by atoms with Crippen LogP contribution >= 0.6 is 0 Å². The summed E-state index contributed by atoms with van der Waals surface area (Å²) in [5, 5.41) is 73.1. The van der Waals surface area contributed by atoms with Gasteiger partial charge in [-0.1, -0.05) is 51.9 Å². The SMILES string of the molecule is CCCCCCCCCCC(=O)NCCCOC1OC(CO)[C@H](OC2OC(CO)[C@H](O)[C@@H](O)[C@H]2O)[C@@H](O)[C@H]1O. The summed E-state index contributed by atoms with van der Waals surface area (Å²) in [4.78, 5) is 12.0. The van der Waals surface area contributed by atoms with E-state index in [9.17, 15) is 40.5 Å². The summed E-state index contributed by atoms with van der Waals surface area (Å²) in [6, 6.07) is 0. The zero-order valence-corrected chi connectivity index (χ0v) is 22.8. The number of ether oxygens (including phenoxy) is 4. The molecule has 0 spiro atoms. The lowest BCUT2D eigenvalue weighted by Gasteiger charge is -2.45. The van der Waals surface area contributed by atoms with Crippen LogP contribution in [0.4, 0.5) is 0 Å². The molecular weight excluding hydrogens is 518 g/mol. The number of nitrogens with one attached hydrogen (secondary N) is 1. The van der Waals surface area contributed by atoms with Gasteiger partial charge >= 0.3 is 0 Å². The number of hydrogen-bond donors (Lipinski definition) is 8. The van der Waals surface area contributed by atoms with Crippen LogP contribution in [0.5, 0.6) is 0 Å². The first-order valence-electron chi connectivity index (χ1n) is 14.2. The summed E-state index contributed by atoms with van der Waals surface area (Å²) in [7, 11) is 0. The van der Waals surface area contributed by atoms with E-state index in [4.69, 9.17) is 18.9 Å². The molecule has 13 nitrogen and oxygen atoms in total. The van der Waals surface area contributed by atoms with Crippen LogP contribution in [-0.4, -0.2) is 129 Å². The second-order valence-corrected chi connectivity index (χ2v) is 10.3. The largest absolute Gasteiger partial charge is 0.394 e. The Morgan fingerprint density at radius 1 is 0.718 bits per heavy atom. The fraction of sp³-hybridized carbons (Fsp3) is 0.962. The Labute approximate surface area is 230 Å². The first kappa shape index (κ1) is 34.2. The van der Waals surface area contributed by atoms with E-state index in [2.05, 4.69) is 12.2 Å². The van der Waals surface area contributed by atoms with Crippen molar-refractivity contribution in [2.45, 2.75) is 133 Å². The Morgan fingerprint density at radius 2 is 1.31 bits per heavy atom. The fourth-order valence-corrected chi connectivity index (χ4v) is 4.70. The van der Waals surface area contributed by atoms with E-state index >= 15 is 0 Å². The van der Waals surface area contributed by atoms with Gasteiger partial charge in [-0.2, -0.15) is 0 Å². The van der Waals surface area contributed by atoms with Gasteiger partial charge in [-0.05, 0) is 12.8 Å². The normalized spacial score (nSPS) is 35.2. The van der Waals surface area contributed by atoms with Crippen molar-refractivity contribution < 1.29 is 59.5 Å². The van der Waals surface area contributed by atoms with Crippen molar-refractivity contribution >= 4 is 5.91 Å². The molecule has 2 fully saturated rings. The van der Waals surface area contributed by atoms with Crippen molar-refractivity contribution in [3.05, 3.63) is 0 Å². The zero-order chi connectivity index (χ0) is 28.8. The molecule has 0 aromatic heterocycles. The fourth-order valence-electron chi connectivity index (χ4n) is 4.70. The summed E-state index contributed by atoms with van der Waals surface area (Å²) in [6.45, 7) is 1.35. The van der Waals surface area contributed by atoms with Crippen molar-refractivity contribution in [3.8, 4) is 0 Å². The van der Waals surface area contributed by atoms with Crippen LogP contribution < -0.4 is 5.32 Å². The highest BCUT2D eigenvalue weighted by atomic mass is 16.7. The minimum Gasteiger partial charge on any atom is -0.394 e. The van der Waals surface area contributed by atoms with Crippen LogP contribution in [0.2, 0.25) is 0 Å². The number of aliphatic hydroxyl groups is 7. The lowest BCUT2D eigenvalue weighted by Crippen LogP contribution is -2.64. The van der Waals surface area contributed by atoms with Crippen molar-refractivity contribution in [1.82, 2.24) is 5.32 Å². The van der Waals surface area contributed by atoms with Gasteiger partial charge in [-0.15, -0.1) is 0 Å². The van der Waals surface area contributed by atoms with Crippen LogP contribution in [0.15, 0.2) is 0 Å². The number of rotatable bonds is 18. The van der Waals surface area contributed by atoms with Crippen LogP contribution in [0.1, 0.15) is 71.1 Å². The summed E-state index contributed by atoms with van der Waals surface area (Å²) >= 11 is 0. The van der Waals surface area contributed by atoms with Crippen LogP contribution in [0.25, 0.3) is 0 Å². The molecule has 0 aromatic rings. The molecule has 0 aliphatic carbocycles. The first-order chi connectivity index (χ1) is 18.7. The Bertz CT molecular complexity index is 669. The Balaban J connectivity index is 1.68. The molecule has 0 saturated carbocycles. The van der Waals surface area contributed by atoms with Crippen LogP contribution in [0, 0.1) is 0 Å². The van der Waals surface area contributed by atoms with Crippen molar-refractivity contribution in [2.75, 3.05) is 26.4 Å². The van der Waals surface area contributed by atoms with E-state index < -0.39 is 74.6 Å². The predicted molar refractivity (Wildman–Crippen MR) is 137 cm³/mol. The first-order valence-corrected chi connectivity index (χ1v) is 14.2. The van der Waals surface area contributed by atoms with Gasteiger partial charge in [0.2, 0.25) is 5.91 Å². The molecule has 10 atom stereocenters. The Morgan fingerprint density at radius 3 is 1.95 bits per heavy atom. The van der Waals surface area contributed by atoms with E-state index in [-0.39, 0.29) is 12.5 Å². The highest BCUT2D eigenvalue weighted by Gasteiger charge is 2.50. The molecule has 0 bridgehead atoms. The average molecular weight is 568 g/mol. The topological polar surface area (TPSA) is 208 Å². The molecular formula is C26H49NO12. The standard InChI is InChI=1S/C26H49NO12/c1-2-3-4-5-6-7-8-9-11-18(30)27-12-10-13-36-25-23(35)21(33)24(17(15-29)38-25)39-26-22(34)20(32)19(31)16(14-28)37-26/h16-17,19-26,28-29,31-35H,2-15H2,1H3,(H,27,30)/t16?,17?,19-,20+,21-,22+,23+,24-,25?,26?/m0/s1. The third kappa shape index (κ3) is 10.7. The number of hydrogen-bond acceptors (Lipinski definition) is 12. The third-order valence-electron chi connectivity index (χ3n) is 7.14. The third-order valence-corrected chi connectivity index (χ3v) is 7.14. The lowest BCUT2D eigenvalue weighted by molar-refractivity contribution is -0.359. The van der Waals surface area contributed by atoms with E-state index in [0.717, 1.165) is 19.3 Å². The van der Waals surface area contributed by atoms with Gasteiger partial charge in [0.25, 0.3) is 0 Å². The molecule has 0 radical (unpaired) electrons. The van der Waals surface area contributed by atoms with Gasteiger partial charge < -0.3 is 60.0 Å². The molecule has 8 N–H and O–H groups in total. The summed E-state index contributed by atoms with van der Waals surface area (Å²) in [5.41, 5.74) is 0. The van der Waals surface area contributed by atoms with Crippen molar-refractivity contribution in [3.63, 3.8) is 0 Å². The molecule has 2 heterocycles. The van der Waals surface area contributed by atoms with Gasteiger partial charge in [-0.25, -0.2) is 0 Å². The second-order valence-electron chi connectivity index (χ2n) is 10.3. The van der Waals surface area contributed by atoms with Gasteiger partial charge in [0.15, 0.2) is 12.6 Å². The molecule has 0 aromatic carbocycles. The molecule has 4 unspecified atom stereocenters. The smallest absolute Gasteiger partial charge is 0.219 e. The van der Waals surface area contributed by atoms with Crippen molar-refractivity contribution in [1.29, 1.82) is 0 Å². The number of aliphatic hydroxyl groups excluding tert-OH is 7. The minimum atomic E-state index is -1.73. The highest BCUT2D eigenvalue weighted by Crippen LogP contribution is 2.29. The quantitative estimate of drug-likeness (QED) is 0.0906. The van der Waals surface area contributed by atoms with Crippen LogP contribution in [-0.2, 0) is 23.7 Å². The van der Waals surface area contributed by atoms with Gasteiger partial charge in [0, 0.05) is 13.0 Å². The van der Waals surface area contributed by atoms with Crippen LogP contribution in [0.3, 0.4) is 0 Å². The molecule has 2 aliphatic rings. The molecule has 2 rings (SSSR count). The molecule has 2 saturated heterocycles. The van der Waals surface area contributed by atoms with E-state index in [1.165, 1.54) is 32.1 Å². The summed E-state index contributed by atoms with van der Waals surface area (Å²) in [5.74, 6) is -0.0288. The van der Waals surface area contributed by atoms with Gasteiger partial charge in [0.05, 0.1) is 19.8 Å². The summed E-state index contributed by atoms with van der Waals surface area (Å²) < 4.78 is 21.9. The molecule has 230 valence electrons. The van der Waals surface area contributed by atoms with E-state index in [0.29, 0.717) is 19.4 Å². The maximum atomic E-state index is 12.0. The Kier molecular flexibility index (Phi) is 16.2. The minimum absolute atomic E-state index is 0.0288. The van der Waals surface area contributed by atoms with E-state index in [1.54, 1.807) is 0 Å². The maximum absolute atomic E-state index is 12.0. The second kappa shape index (κ2) is 18.5. The maximum Gasteiger partial charge on any atom is 0.219 e. The monoisotopic (exact) mass is 567 g/mol. The molecule has 1 amide bonds. The lowest BCUT2D eigenvalue weighted by atomic mass is 9.97. The number of carbonyl (C=O) groups excluding carboxylic acids is 1. The molecule has 2 aliphatic heterocycles. The molecule has 39 heavy (non-hydrogen) atoms. The van der Waals surface area contributed by atoms with Gasteiger partial charge in [-0.3, -0.25) is 4.79 Å². The number of carbonyl (C=O) groups is 1. The van der Waals surface area contributed by atoms with Crippen molar-refractivity contribution in [2.24, 2.45) is 0 Å².